The van der Waals surface area contributed by atoms with Crippen LogP contribution in [0.2, 0.25) is 5.02 Å². The number of rotatable bonds is 5. The highest BCUT2D eigenvalue weighted by atomic mass is 35.5. The number of alkyl halides is 3. The number of carbonyl (C=O) groups is 1. The summed E-state index contributed by atoms with van der Waals surface area (Å²) in [6, 6.07) is 21.1. The summed E-state index contributed by atoms with van der Waals surface area (Å²) < 4.78 is 39.9. The first-order valence-corrected chi connectivity index (χ1v) is 9.83. The molecule has 0 fully saturated rings. The van der Waals surface area contributed by atoms with Gasteiger partial charge in [-0.05, 0) is 41.5 Å². The zero-order valence-electron chi connectivity index (χ0n) is 16.4. The summed E-state index contributed by atoms with van der Waals surface area (Å²) in [6.07, 6.45) is -2.40. The second-order valence-electron chi connectivity index (χ2n) is 6.82. The molecule has 32 heavy (non-hydrogen) atoms. The molecule has 0 bridgehead atoms. The van der Waals surface area contributed by atoms with Crippen molar-refractivity contribution in [3.05, 3.63) is 101 Å². The van der Waals surface area contributed by atoms with Gasteiger partial charge in [0.2, 0.25) is 0 Å². The lowest BCUT2D eigenvalue weighted by molar-refractivity contribution is -0.137. The first-order valence-electron chi connectivity index (χ1n) is 9.45. The van der Waals surface area contributed by atoms with Crippen molar-refractivity contribution in [3.63, 3.8) is 0 Å². The van der Waals surface area contributed by atoms with E-state index in [1.54, 1.807) is 12.1 Å². The fourth-order valence-electron chi connectivity index (χ4n) is 3.11. The SMILES string of the molecule is O=C(NNc1cccc(-c2ccccc2)c1)c1cccn1-c1ncc(C(F)(F)F)cc1Cl. The normalized spacial score (nSPS) is 11.2. The Labute approximate surface area is 186 Å². The minimum Gasteiger partial charge on any atom is -0.298 e. The van der Waals surface area contributed by atoms with Gasteiger partial charge in [0.1, 0.15) is 5.69 Å². The van der Waals surface area contributed by atoms with E-state index in [-0.39, 0.29) is 16.5 Å². The van der Waals surface area contributed by atoms with Crippen molar-refractivity contribution >= 4 is 23.2 Å². The van der Waals surface area contributed by atoms with Gasteiger partial charge in [0.05, 0.1) is 16.3 Å². The zero-order chi connectivity index (χ0) is 22.7. The molecule has 1 amide bonds. The predicted octanol–water partition coefficient (Wildman–Crippen LogP) is 5.97. The standard InChI is InChI=1S/C23H16ClF3N4O/c24-19-13-17(23(25,26)27)14-28-21(19)31-11-5-10-20(31)22(32)30-29-18-9-4-8-16(12-18)15-6-2-1-3-7-15/h1-14,29H,(H,30,32). The first kappa shape index (κ1) is 21.5. The fourth-order valence-corrected chi connectivity index (χ4v) is 3.37. The van der Waals surface area contributed by atoms with Crippen LogP contribution < -0.4 is 10.9 Å². The van der Waals surface area contributed by atoms with Crippen molar-refractivity contribution < 1.29 is 18.0 Å². The van der Waals surface area contributed by atoms with Crippen LogP contribution in [0, 0.1) is 0 Å². The van der Waals surface area contributed by atoms with Crippen LogP contribution in [0.5, 0.6) is 0 Å². The molecule has 4 rings (SSSR count). The third kappa shape index (κ3) is 4.60. The van der Waals surface area contributed by atoms with E-state index in [0.29, 0.717) is 11.9 Å². The van der Waals surface area contributed by atoms with Crippen molar-refractivity contribution in [3.8, 4) is 16.9 Å². The van der Waals surface area contributed by atoms with Gasteiger partial charge in [-0.15, -0.1) is 0 Å². The third-order valence-corrected chi connectivity index (χ3v) is 4.93. The smallest absolute Gasteiger partial charge is 0.298 e. The highest BCUT2D eigenvalue weighted by molar-refractivity contribution is 6.32. The van der Waals surface area contributed by atoms with Crippen molar-refractivity contribution in [2.75, 3.05) is 5.43 Å². The molecule has 4 aromatic rings. The molecule has 0 aliphatic carbocycles. The van der Waals surface area contributed by atoms with Gasteiger partial charge in [-0.3, -0.25) is 20.2 Å². The van der Waals surface area contributed by atoms with Crippen LogP contribution in [0.15, 0.2) is 85.2 Å². The topological polar surface area (TPSA) is 59.0 Å². The van der Waals surface area contributed by atoms with Crippen molar-refractivity contribution in [2.45, 2.75) is 6.18 Å². The van der Waals surface area contributed by atoms with Crippen LogP contribution in [-0.4, -0.2) is 15.5 Å². The average Bonchev–Trinajstić information content (AvgIpc) is 3.27. The quantitative estimate of drug-likeness (QED) is 0.364. The van der Waals surface area contributed by atoms with Crippen molar-refractivity contribution in [1.29, 1.82) is 0 Å². The third-order valence-electron chi connectivity index (χ3n) is 4.65. The van der Waals surface area contributed by atoms with Crippen molar-refractivity contribution in [1.82, 2.24) is 15.0 Å². The first-order chi connectivity index (χ1) is 15.3. The number of anilines is 1. The Hall–Kier alpha value is -3.78. The summed E-state index contributed by atoms with van der Waals surface area (Å²) in [5.41, 5.74) is 7.26. The van der Waals surface area contributed by atoms with Crippen LogP contribution in [-0.2, 0) is 6.18 Å². The second kappa shape index (κ2) is 8.76. The summed E-state index contributed by atoms with van der Waals surface area (Å²) in [7, 11) is 0. The molecule has 2 heterocycles. The molecule has 2 aromatic carbocycles. The Morgan fingerprint density at radius 2 is 1.69 bits per heavy atom. The molecule has 162 valence electrons. The van der Waals surface area contributed by atoms with Crippen LogP contribution >= 0.6 is 11.6 Å². The lowest BCUT2D eigenvalue weighted by atomic mass is 10.1. The monoisotopic (exact) mass is 456 g/mol. The maximum absolute atomic E-state index is 12.9. The summed E-state index contributed by atoms with van der Waals surface area (Å²) in [6.45, 7) is 0. The van der Waals surface area contributed by atoms with Gasteiger partial charge >= 0.3 is 6.18 Å². The number of hydrogen-bond donors (Lipinski definition) is 2. The number of nitrogens with one attached hydrogen (secondary N) is 2. The Morgan fingerprint density at radius 3 is 2.41 bits per heavy atom. The number of aromatic nitrogens is 2. The maximum Gasteiger partial charge on any atom is 0.417 e. The van der Waals surface area contributed by atoms with Gasteiger partial charge in [-0.1, -0.05) is 54.1 Å². The van der Waals surface area contributed by atoms with Crippen LogP contribution in [0.3, 0.4) is 0 Å². The van der Waals surface area contributed by atoms with E-state index >= 15 is 0 Å². The molecule has 0 saturated carbocycles. The number of pyridine rings is 1. The molecular weight excluding hydrogens is 441 g/mol. The van der Waals surface area contributed by atoms with E-state index in [2.05, 4.69) is 15.8 Å². The van der Waals surface area contributed by atoms with Gasteiger partial charge < -0.3 is 0 Å². The Balaban J connectivity index is 1.52. The number of benzene rings is 2. The molecule has 0 spiro atoms. The molecule has 0 saturated heterocycles. The molecule has 0 atom stereocenters. The molecule has 0 unspecified atom stereocenters. The lowest BCUT2D eigenvalue weighted by Gasteiger charge is -2.14. The highest BCUT2D eigenvalue weighted by Gasteiger charge is 2.32. The fraction of sp³-hybridized carbons (Fsp3) is 0.0435. The average molecular weight is 457 g/mol. The van der Waals surface area contributed by atoms with Gasteiger partial charge in [0, 0.05) is 12.4 Å². The van der Waals surface area contributed by atoms with E-state index in [0.717, 1.165) is 17.2 Å². The molecule has 0 aliphatic heterocycles. The van der Waals surface area contributed by atoms with E-state index in [1.165, 1.54) is 16.8 Å². The largest absolute Gasteiger partial charge is 0.417 e. The van der Waals surface area contributed by atoms with Crippen LogP contribution in [0.25, 0.3) is 16.9 Å². The van der Waals surface area contributed by atoms with Gasteiger partial charge in [0.15, 0.2) is 5.82 Å². The Bertz CT molecular complexity index is 1260. The summed E-state index contributed by atoms with van der Waals surface area (Å²) in [5, 5.41) is -0.228. The number of hydrazine groups is 1. The summed E-state index contributed by atoms with van der Waals surface area (Å²) in [4.78, 5) is 16.5. The van der Waals surface area contributed by atoms with Gasteiger partial charge in [0.25, 0.3) is 5.91 Å². The van der Waals surface area contributed by atoms with Crippen LogP contribution in [0.4, 0.5) is 18.9 Å². The molecule has 5 nitrogen and oxygen atoms in total. The van der Waals surface area contributed by atoms with E-state index in [9.17, 15) is 18.0 Å². The molecular formula is C23H16ClF3N4O. The van der Waals surface area contributed by atoms with E-state index < -0.39 is 17.6 Å². The van der Waals surface area contributed by atoms with Gasteiger partial charge in [-0.2, -0.15) is 13.2 Å². The summed E-state index contributed by atoms with van der Waals surface area (Å²) >= 11 is 6.02. The number of nitrogens with zero attached hydrogens (tertiary/aromatic N) is 2. The number of carbonyl (C=O) groups excluding carboxylic acids is 1. The lowest BCUT2D eigenvalue weighted by Crippen LogP contribution is -2.31. The number of halogens is 4. The second-order valence-corrected chi connectivity index (χ2v) is 7.22. The van der Waals surface area contributed by atoms with E-state index in [4.69, 9.17) is 11.6 Å². The highest BCUT2D eigenvalue weighted by Crippen LogP contribution is 2.32. The molecule has 0 aliphatic rings. The maximum atomic E-state index is 12.9. The van der Waals surface area contributed by atoms with Gasteiger partial charge in [-0.25, -0.2) is 4.98 Å². The van der Waals surface area contributed by atoms with Crippen molar-refractivity contribution in [2.24, 2.45) is 0 Å². The van der Waals surface area contributed by atoms with E-state index in [1.807, 2.05) is 48.5 Å². The number of amides is 1. The predicted molar refractivity (Wildman–Crippen MR) is 117 cm³/mol. The Morgan fingerprint density at radius 1 is 0.938 bits per heavy atom. The Kier molecular flexibility index (Phi) is 5.87. The zero-order valence-corrected chi connectivity index (χ0v) is 17.2. The molecule has 0 radical (unpaired) electrons. The van der Waals surface area contributed by atoms with Crippen LogP contribution in [0.1, 0.15) is 16.1 Å². The molecule has 2 N–H and O–H groups in total. The minimum absolute atomic E-state index is 0.0147. The summed E-state index contributed by atoms with van der Waals surface area (Å²) in [5.74, 6) is -0.501. The minimum atomic E-state index is -4.57. The molecule has 9 heteroatoms. The molecule has 2 aromatic heterocycles. The number of hydrogen-bond acceptors (Lipinski definition) is 3.